The topological polar surface area (TPSA) is 56.0 Å². The fourth-order valence-corrected chi connectivity index (χ4v) is 1.69. The smallest absolute Gasteiger partial charge is 0.258 e. The number of halogens is 4. The van der Waals surface area contributed by atoms with Crippen LogP contribution in [0.15, 0.2) is 10.7 Å². The summed E-state index contributed by atoms with van der Waals surface area (Å²) in [6, 6.07) is 0.928. The van der Waals surface area contributed by atoms with E-state index in [2.05, 4.69) is 20.9 Å². The summed E-state index contributed by atoms with van der Waals surface area (Å²) in [4.78, 5) is 13.3. The van der Waals surface area contributed by atoms with E-state index >= 15 is 0 Å². The second-order valence-corrected chi connectivity index (χ2v) is 3.60. The third-order valence-electron chi connectivity index (χ3n) is 1.63. The molecule has 1 heterocycles. The monoisotopic (exact) mass is 300 g/mol. The second-order valence-electron chi connectivity index (χ2n) is 2.52. The first-order chi connectivity index (χ1) is 6.97. The molecule has 0 saturated heterocycles. The van der Waals surface area contributed by atoms with Gasteiger partial charge in [-0.25, -0.2) is 13.8 Å². The molecule has 0 spiro atoms. The zero-order valence-electron chi connectivity index (χ0n) is 7.08. The molecule has 0 aliphatic carbocycles. The summed E-state index contributed by atoms with van der Waals surface area (Å²) >= 11 is 8.27. The van der Waals surface area contributed by atoms with Gasteiger partial charge in [-0.05, 0) is 15.9 Å². The molecule has 15 heavy (non-hydrogen) atoms. The van der Waals surface area contributed by atoms with Gasteiger partial charge >= 0.3 is 0 Å². The molecule has 4 nitrogen and oxygen atoms in total. The summed E-state index contributed by atoms with van der Waals surface area (Å²) in [5.41, 5.74) is -1.59. The Morgan fingerprint density at radius 3 is 2.67 bits per heavy atom. The Morgan fingerprint density at radius 1 is 1.67 bits per heavy atom. The summed E-state index contributed by atoms with van der Waals surface area (Å²) in [5, 5.41) is 10.5. The Labute approximate surface area is 96.5 Å². The van der Waals surface area contributed by atoms with Gasteiger partial charge in [0.25, 0.3) is 12.1 Å². The van der Waals surface area contributed by atoms with Crippen molar-refractivity contribution in [2.45, 2.75) is 12.3 Å². The molecule has 0 bridgehead atoms. The van der Waals surface area contributed by atoms with Crippen LogP contribution in [0.2, 0.25) is 0 Å². The van der Waals surface area contributed by atoms with Crippen LogP contribution in [0.5, 0.6) is 0 Å². The van der Waals surface area contributed by atoms with E-state index in [4.69, 9.17) is 11.6 Å². The predicted octanol–water partition coefficient (Wildman–Crippen LogP) is 3.43. The van der Waals surface area contributed by atoms with Crippen LogP contribution in [-0.2, 0) is 5.88 Å². The molecule has 0 fully saturated rings. The lowest BCUT2D eigenvalue weighted by Gasteiger charge is -2.06. The molecule has 0 N–H and O–H groups in total. The minimum Gasteiger partial charge on any atom is -0.258 e. The summed E-state index contributed by atoms with van der Waals surface area (Å²) in [6.07, 6.45) is -2.97. The molecule has 82 valence electrons. The molecule has 1 rings (SSSR count). The fraction of sp³-hybridized carbons (Fsp3) is 0.286. The molecule has 0 unspecified atom stereocenters. The fourth-order valence-electron chi connectivity index (χ4n) is 1.05. The van der Waals surface area contributed by atoms with Crippen LogP contribution in [0.3, 0.4) is 0 Å². The maximum Gasteiger partial charge on any atom is 0.282 e. The number of hydrogen-bond donors (Lipinski definition) is 0. The molecule has 1 aromatic heterocycles. The molecule has 0 saturated carbocycles. The van der Waals surface area contributed by atoms with E-state index in [0.29, 0.717) is 0 Å². The highest BCUT2D eigenvalue weighted by atomic mass is 79.9. The van der Waals surface area contributed by atoms with Crippen molar-refractivity contribution in [3.8, 4) is 0 Å². The van der Waals surface area contributed by atoms with Crippen LogP contribution in [0.1, 0.15) is 17.7 Å². The average molecular weight is 301 g/mol. The minimum atomic E-state index is -2.97. The second kappa shape index (κ2) is 4.80. The summed E-state index contributed by atoms with van der Waals surface area (Å²) in [5.74, 6) is -0.306. The van der Waals surface area contributed by atoms with Crippen molar-refractivity contribution in [3.63, 3.8) is 0 Å². The molecular formula is C7H4BrClF2N2O2. The first-order valence-corrected chi connectivity index (χ1v) is 4.98. The van der Waals surface area contributed by atoms with E-state index in [0.717, 1.165) is 6.07 Å². The van der Waals surface area contributed by atoms with Gasteiger partial charge in [0.2, 0.25) is 0 Å². The Balaban J connectivity index is 3.47. The maximum absolute atomic E-state index is 12.5. The van der Waals surface area contributed by atoms with Gasteiger partial charge in [-0.2, -0.15) is 0 Å². The molecule has 0 aliphatic rings. The zero-order valence-corrected chi connectivity index (χ0v) is 9.43. The third-order valence-corrected chi connectivity index (χ3v) is 2.29. The van der Waals surface area contributed by atoms with E-state index in [1.165, 1.54) is 0 Å². The lowest BCUT2D eigenvalue weighted by atomic mass is 10.2. The number of alkyl halides is 3. The summed E-state index contributed by atoms with van der Waals surface area (Å²) < 4.78 is 25.2. The maximum atomic E-state index is 12.5. The summed E-state index contributed by atoms with van der Waals surface area (Å²) in [6.45, 7) is 0. The average Bonchev–Trinajstić information content (AvgIpc) is 2.15. The van der Waals surface area contributed by atoms with Gasteiger partial charge in [-0.15, -0.1) is 11.6 Å². The number of nitro groups is 1. The summed E-state index contributed by atoms with van der Waals surface area (Å²) in [7, 11) is 0. The SMILES string of the molecule is O=[N+]([O-])c1cc(Br)nc(CCl)c1C(F)F. The largest absolute Gasteiger partial charge is 0.282 e. The number of pyridine rings is 1. The molecule has 1 aromatic rings. The van der Waals surface area contributed by atoms with Crippen molar-refractivity contribution in [2.24, 2.45) is 0 Å². The number of nitrogens with zero attached hydrogens (tertiary/aromatic N) is 2. The van der Waals surface area contributed by atoms with Gasteiger partial charge in [0.1, 0.15) is 10.2 Å². The Bertz CT molecular complexity index is 403. The first kappa shape index (κ1) is 12.3. The van der Waals surface area contributed by atoms with Crippen LogP contribution in [0.25, 0.3) is 0 Å². The van der Waals surface area contributed by atoms with E-state index < -0.39 is 22.6 Å². The van der Waals surface area contributed by atoms with Gasteiger partial charge in [0, 0.05) is 6.07 Å². The van der Waals surface area contributed by atoms with Crippen molar-refractivity contribution in [1.29, 1.82) is 0 Å². The molecular weight excluding hydrogens is 297 g/mol. The molecule has 8 heteroatoms. The third kappa shape index (κ3) is 2.60. The van der Waals surface area contributed by atoms with Crippen molar-refractivity contribution in [1.82, 2.24) is 4.98 Å². The first-order valence-electron chi connectivity index (χ1n) is 3.65. The van der Waals surface area contributed by atoms with Gasteiger partial charge < -0.3 is 0 Å². The minimum absolute atomic E-state index is 0.106. The number of rotatable bonds is 3. The van der Waals surface area contributed by atoms with Gasteiger partial charge in [0.05, 0.1) is 16.5 Å². The Hall–Kier alpha value is -0.820. The Morgan fingerprint density at radius 2 is 2.27 bits per heavy atom. The van der Waals surface area contributed by atoms with E-state index in [1.54, 1.807) is 0 Å². The quantitative estimate of drug-likeness (QED) is 0.372. The highest BCUT2D eigenvalue weighted by Crippen LogP contribution is 2.33. The van der Waals surface area contributed by atoms with Gasteiger partial charge in [-0.3, -0.25) is 10.1 Å². The molecule has 0 atom stereocenters. The van der Waals surface area contributed by atoms with E-state index in [9.17, 15) is 18.9 Å². The molecule has 0 aliphatic heterocycles. The van der Waals surface area contributed by atoms with Crippen molar-refractivity contribution in [2.75, 3.05) is 0 Å². The van der Waals surface area contributed by atoms with E-state index in [1.807, 2.05) is 0 Å². The van der Waals surface area contributed by atoms with Crippen LogP contribution < -0.4 is 0 Å². The highest BCUT2D eigenvalue weighted by Gasteiger charge is 2.27. The standard InChI is InChI=1S/C7H4BrClF2N2O2/c8-5-1-4(13(14)15)6(7(10)11)3(2-9)12-5/h1,7H,2H2. The van der Waals surface area contributed by atoms with Crippen molar-refractivity contribution >= 4 is 33.2 Å². The van der Waals surface area contributed by atoms with Crippen molar-refractivity contribution in [3.05, 3.63) is 32.0 Å². The van der Waals surface area contributed by atoms with Crippen LogP contribution in [-0.4, -0.2) is 9.91 Å². The lowest BCUT2D eigenvalue weighted by molar-refractivity contribution is -0.386. The molecule has 0 amide bonds. The van der Waals surface area contributed by atoms with Crippen LogP contribution in [0.4, 0.5) is 14.5 Å². The highest BCUT2D eigenvalue weighted by molar-refractivity contribution is 9.10. The van der Waals surface area contributed by atoms with E-state index in [-0.39, 0.29) is 16.2 Å². The normalized spacial score (nSPS) is 10.7. The lowest BCUT2D eigenvalue weighted by Crippen LogP contribution is -2.03. The van der Waals surface area contributed by atoms with Gasteiger partial charge in [0.15, 0.2) is 0 Å². The van der Waals surface area contributed by atoms with Crippen LogP contribution in [0, 0.1) is 10.1 Å². The predicted molar refractivity (Wildman–Crippen MR) is 53.1 cm³/mol. The van der Waals surface area contributed by atoms with Gasteiger partial charge in [-0.1, -0.05) is 0 Å². The van der Waals surface area contributed by atoms with Crippen LogP contribution >= 0.6 is 27.5 Å². The molecule has 0 aromatic carbocycles. The zero-order chi connectivity index (χ0) is 11.6. The molecule has 0 radical (unpaired) electrons. The number of hydrogen-bond acceptors (Lipinski definition) is 3. The Kier molecular flexibility index (Phi) is 3.92. The number of aromatic nitrogens is 1. The van der Waals surface area contributed by atoms with Crippen molar-refractivity contribution < 1.29 is 13.7 Å².